The van der Waals surface area contributed by atoms with Gasteiger partial charge in [0.05, 0.1) is 0 Å². The van der Waals surface area contributed by atoms with Gasteiger partial charge in [-0.15, -0.1) is 0 Å². The molecule has 3 rings (SSSR count). The van der Waals surface area contributed by atoms with Gasteiger partial charge >= 0.3 is 0 Å². The second kappa shape index (κ2) is 5.73. The maximum absolute atomic E-state index is 3.70. The van der Waals surface area contributed by atoms with E-state index in [1.54, 1.807) is 0 Å². The Morgan fingerprint density at radius 1 is 1.05 bits per heavy atom. The van der Waals surface area contributed by atoms with E-state index >= 15 is 0 Å². The summed E-state index contributed by atoms with van der Waals surface area (Å²) in [4.78, 5) is 2.97. The highest BCUT2D eigenvalue weighted by Gasteiger charge is 2.44. The summed E-state index contributed by atoms with van der Waals surface area (Å²) in [6, 6.07) is 0.872. The van der Waals surface area contributed by atoms with Crippen LogP contribution in [0.15, 0.2) is 0 Å². The molecule has 110 valence electrons. The summed E-state index contributed by atoms with van der Waals surface area (Å²) in [6.07, 6.45) is 11.6. The van der Waals surface area contributed by atoms with E-state index in [4.69, 9.17) is 0 Å². The van der Waals surface area contributed by atoms with Crippen molar-refractivity contribution < 1.29 is 0 Å². The van der Waals surface area contributed by atoms with Crippen LogP contribution in [0.3, 0.4) is 0 Å². The van der Waals surface area contributed by atoms with Crippen LogP contribution in [0.1, 0.15) is 65.2 Å². The SMILES string of the molecule is CC1CCC(N2CCNCC23CCCCC3)C(C)C1. The van der Waals surface area contributed by atoms with Gasteiger partial charge in [-0.3, -0.25) is 4.90 Å². The maximum atomic E-state index is 3.70. The summed E-state index contributed by atoms with van der Waals surface area (Å²) in [5.41, 5.74) is 0.524. The van der Waals surface area contributed by atoms with Crippen molar-refractivity contribution in [3.63, 3.8) is 0 Å². The zero-order chi connectivity index (χ0) is 13.3. The van der Waals surface area contributed by atoms with E-state index in [-0.39, 0.29) is 0 Å². The average molecular weight is 264 g/mol. The Bertz CT molecular complexity index is 287. The third-order valence-electron chi connectivity index (χ3n) is 6.16. The van der Waals surface area contributed by atoms with Crippen molar-refractivity contribution in [2.24, 2.45) is 11.8 Å². The van der Waals surface area contributed by atoms with Crippen LogP contribution in [-0.2, 0) is 0 Å². The molecule has 1 heterocycles. The Labute approximate surface area is 119 Å². The number of hydrogen-bond donors (Lipinski definition) is 1. The molecule has 1 saturated heterocycles. The third kappa shape index (κ3) is 2.71. The van der Waals surface area contributed by atoms with Crippen LogP contribution in [0.25, 0.3) is 0 Å². The summed E-state index contributed by atoms with van der Waals surface area (Å²) in [6.45, 7) is 8.72. The second-order valence-corrected chi connectivity index (χ2v) is 7.62. The summed E-state index contributed by atoms with van der Waals surface area (Å²) in [5, 5.41) is 3.70. The van der Waals surface area contributed by atoms with Crippen LogP contribution in [0, 0.1) is 11.8 Å². The lowest BCUT2D eigenvalue weighted by molar-refractivity contribution is -0.0406. The van der Waals surface area contributed by atoms with Crippen LogP contribution in [0.4, 0.5) is 0 Å². The highest BCUT2D eigenvalue weighted by Crippen LogP contribution is 2.41. The van der Waals surface area contributed by atoms with Crippen molar-refractivity contribution in [1.82, 2.24) is 10.2 Å². The predicted octanol–water partition coefficient (Wildman–Crippen LogP) is 3.42. The lowest BCUT2D eigenvalue weighted by atomic mass is 9.73. The molecule has 0 radical (unpaired) electrons. The second-order valence-electron chi connectivity index (χ2n) is 7.62. The van der Waals surface area contributed by atoms with E-state index < -0.39 is 0 Å². The summed E-state index contributed by atoms with van der Waals surface area (Å²) < 4.78 is 0. The van der Waals surface area contributed by atoms with Crippen molar-refractivity contribution in [2.75, 3.05) is 19.6 Å². The van der Waals surface area contributed by atoms with E-state index in [1.165, 1.54) is 71.0 Å². The monoisotopic (exact) mass is 264 g/mol. The van der Waals surface area contributed by atoms with Gasteiger partial charge in [-0.05, 0) is 43.9 Å². The van der Waals surface area contributed by atoms with Crippen molar-refractivity contribution in [3.05, 3.63) is 0 Å². The van der Waals surface area contributed by atoms with Gasteiger partial charge in [0, 0.05) is 31.2 Å². The topological polar surface area (TPSA) is 15.3 Å². The number of nitrogens with zero attached hydrogens (tertiary/aromatic N) is 1. The molecule has 3 aliphatic rings. The molecule has 0 aromatic carbocycles. The molecule has 2 nitrogen and oxygen atoms in total. The van der Waals surface area contributed by atoms with Crippen LogP contribution >= 0.6 is 0 Å². The summed E-state index contributed by atoms with van der Waals surface area (Å²) in [7, 11) is 0. The molecule has 3 fully saturated rings. The van der Waals surface area contributed by atoms with Crippen molar-refractivity contribution >= 4 is 0 Å². The van der Waals surface area contributed by atoms with Gasteiger partial charge in [-0.1, -0.05) is 33.1 Å². The number of piperazine rings is 1. The van der Waals surface area contributed by atoms with Gasteiger partial charge < -0.3 is 5.32 Å². The Morgan fingerprint density at radius 3 is 2.58 bits per heavy atom. The Kier molecular flexibility index (Phi) is 4.19. The molecule has 3 unspecified atom stereocenters. The van der Waals surface area contributed by atoms with Gasteiger partial charge in [0.2, 0.25) is 0 Å². The Morgan fingerprint density at radius 2 is 1.84 bits per heavy atom. The molecule has 0 aromatic heterocycles. The molecule has 0 aromatic rings. The highest BCUT2D eigenvalue weighted by molar-refractivity contribution is 5.02. The zero-order valence-corrected chi connectivity index (χ0v) is 13.0. The molecule has 2 heteroatoms. The first-order valence-electron chi connectivity index (χ1n) is 8.69. The molecule has 0 bridgehead atoms. The summed E-state index contributed by atoms with van der Waals surface area (Å²) in [5.74, 6) is 1.86. The first-order valence-corrected chi connectivity index (χ1v) is 8.69. The molecule has 2 aliphatic carbocycles. The molecule has 0 amide bonds. The Balaban J connectivity index is 1.76. The van der Waals surface area contributed by atoms with Crippen LogP contribution in [0.2, 0.25) is 0 Å². The van der Waals surface area contributed by atoms with Gasteiger partial charge in [0.15, 0.2) is 0 Å². The molecular formula is C17H32N2. The van der Waals surface area contributed by atoms with Crippen LogP contribution < -0.4 is 5.32 Å². The van der Waals surface area contributed by atoms with Crippen molar-refractivity contribution in [2.45, 2.75) is 76.8 Å². The fourth-order valence-electron chi connectivity index (χ4n) is 5.16. The van der Waals surface area contributed by atoms with Crippen molar-refractivity contribution in [3.8, 4) is 0 Å². The number of rotatable bonds is 1. The van der Waals surface area contributed by atoms with Gasteiger partial charge in [0.1, 0.15) is 0 Å². The third-order valence-corrected chi connectivity index (χ3v) is 6.16. The molecule has 1 N–H and O–H groups in total. The lowest BCUT2D eigenvalue weighted by Gasteiger charge is -2.55. The van der Waals surface area contributed by atoms with E-state index in [0.29, 0.717) is 5.54 Å². The van der Waals surface area contributed by atoms with Gasteiger partial charge in [-0.25, -0.2) is 0 Å². The fraction of sp³-hybridized carbons (Fsp3) is 1.00. The first-order chi connectivity index (χ1) is 9.21. The molecule has 1 aliphatic heterocycles. The molecule has 3 atom stereocenters. The number of nitrogens with one attached hydrogen (secondary N) is 1. The minimum Gasteiger partial charge on any atom is -0.314 e. The normalized spacial score (nSPS) is 40.4. The lowest BCUT2D eigenvalue weighted by Crippen LogP contribution is -2.66. The van der Waals surface area contributed by atoms with E-state index in [9.17, 15) is 0 Å². The van der Waals surface area contributed by atoms with Crippen LogP contribution in [0.5, 0.6) is 0 Å². The minimum absolute atomic E-state index is 0.524. The average Bonchev–Trinajstić information content (AvgIpc) is 2.41. The molecular weight excluding hydrogens is 232 g/mol. The molecule has 19 heavy (non-hydrogen) atoms. The standard InChI is InChI=1S/C17H32N2/c1-14-6-7-16(15(2)12-14)19-11-10-18-13-17(19)8-4-3-5-9-17/h14-16,18H,3-13H2,1-2H3. The highest BCUT2D eigenvalue weighted by atomic mass is 15.3. The van der Waals surface area contributed by atoms with Gasteiger partial charge in [-0.2, -0.15) is 0 Å². The summed E-state index contributed by atoms with van der Waals surface area (Å²) >= 11 is 0. The number of hydrogen-bond acceptors (Lipinski definition) is 2. The van der Waals surface area contributed by atoms with E-state index in [0.717, 1.165) is 17.9 Å². The quantitative estimate of drug-likeness (QED) is 0.780. The molecule has 1 spiro atoms. The minimum atomic E-state index is 0.524. The smallest absolute Gasteiger partial charge is 0.0337 e. The van der Waals surface area contributed by atoms with Gasteiger partial charge in [0.25, 0.3) is 0 Å². The fourth-order valence-corrected chi connectivity index (χ4v) is 5.16. The van der Waals surface area contributed by atoms with E-state index in [1.807, 2.05) is 0 Å². The Hall–Kier alpha value is -0.0800. The van der Waals surface area contributed by atoms with Crippen LogP contribution in [-0.4, -0.2) is 36.1 Å². The van der Waals surface area contributed by atoms with Crippen molar-refractivity contribution in [1.29, 1.82) is 0 Å². The largest absolute Gasteiger partial charge is 0.314 e. The predicted molar refractivity (Wildman–Crippen MR) is 81.4 cm³/mol. The zero-order valence-electron chi connectivity index (χ0n) is 13.0. The van der Waals surface area contributed by atoms with E-state index in [2.05, 4.69) is 24.1 Å². The maximum Gasteiger partial charge on any atom is 0.0337 e. The molecule has 2 saturated carbocycles. The first kappa shape index (κ1) is 13.9.